The van der Waals surface area contributed by atoms with E-state index in [9.17, 15) is 0 Å². The van der Waals surface area contributed by atoms with Crippen molar-refractivity contribution in [2.24, 2.45) is 0 Å². The van der Waals surface area contributed by atoms with Crippen LogP contribution >= 0.6 is 0 Å². The fourth-order valence-electron chi connectivity index (χ4n) is 4.82. The molecule has 0 amide bonds. The minimum Gasteiger partial charge on any atom is -0.372 e. The Morgan fingerprint density at radius 2 is 0.657 bits per heavy atom. The van der Waals surface area contributed by atoms with Crippen molar-refractivity contribution in [1.82, 2.24) is 0 Å². The summed E-state index contributed by atoms with van der Waals surface area (Å²) in [6.45, 7) is 5.96. The Balaban J connectivity index is 1.51. The molecule has 0 aliphatic rings. The molecule has 0 bridgehead atoms. The molecule has 0 radical (unpaired) electrons. The van der Waals surface area contributed by atoms with Gasteiger partial charge in [-0.2, -0.15) is 0 Å². The predicted molar refractivity (Wildman–Crippen MR) is 154 cm³/mol. The second-order valence-corrected chi connectivity index (χ2v) is 10.6. The third-order valence-corrected chi connectivity index (χ3v) is 7.22. The highest BCUT2D eigenvalue weighted by Gasteiger charge is 2.00. The average Bonchev–Trinajstić information content (AvgIpc) is 2.89. The Morgan fingerprint density at radius 1 is 0.371 bits per heavy atom. The number of benzene rings is 2. The highest BCUT2D eigenvalue weighted by molar-refractivity contribution is 5.23. The van der Waals surface area contributed by atoms with Gasteiger partial charge in [0.25, 0.3) is 0 Å². The van der Waals surface area contributed by atoms with E-state index in [1.54, 1.807) is 0 Å². The summed E-state index contributed by atoms with van der Waals surface area (Å²) in [6, 6.07) is 18.1. The molecule has 2 aromatic carbocycles. The zero-order valence-corrected chi connectivity index (χ0v) is 23.2. The van der Waals surface area contributed by atoms with Crippen molar-refractivity contribution in [3.63, 3.8) is 0 Å². The van der Waals surface area contributed by atoms with Crippen LogP contribution in [-0.4, -0.2) is 0 Å². The van der Waals surface area contributed by atoms with Crippen LogP contribution in [0.25, 0.3) is 0 Å². The van der Waals surface area contributed by atoms with E-state index < -0.39 is 0 Å². The minimum absolute atomic E-state index is 0.693. The number of rotatable bonds is 22. The molecule has 0 fully saturated rings. The number of hydrogen-bond donors (Lipinski definition) is 0. The van der Waals surface area contributed by atoms with Gasteiger partial charge in [-0.3, -0.25) is 0 Å². The zero-order chi connectivity index (χ0) is 24.8. The van der Waals surface area contributed by atoms with E-state index in [1.807, 2.05) is 0 Å². The second kappa shape index (κ2) is 20.6. The maximum atomic E-state index is 5.99. The molecule has 1 nitrogen and oxygen atoms in total. The summed E-state index contributed by atoms with van der Waals surface area (Å²) in [5.41, 5.74) is 5.48. The van der Waals surface area contributed by atoms with E-state index in [-0.39, 0.29) is 0 Å². The van der Waals surface area contributed by atoms with Crippen LogP contribution in [0.1, 0.15) is 139 Å². The average molecular weight is 479 g/mol. The summed E-state index contributed by atoms with van der Waals surface area (Å²) >= 11 is 0. The summed E-state index contributed by atoms with van der Waals surface area (Å²) < 4.78 is 5.99. The van der Waals surface area contributed by atoms with Crippen LogP contribution in [0.3, 0.4) is 0 Å². The van der Waals surface area contributed by atoms with Crippen molar-refractivity contribution in [2.75, 3.05) is 0 Å². The molecule has 2 aromatic rings. The Hall–Kier alpha value is -1.60. The molecule has 0 aliphatic heterocycles. The van der Waals surface area contributed by atoms with E-state index in [0.717, 1.165) is 0 Å². The van der Waals surface area contributed by atoms with Gasteiger partial charge >= 0.3 is 0 Å². The summed E-state index contributed by atoms with van der Waals surface area (Å²) in [5, 5.41) is 0. The van der Waals surface area contributed by atoms with Crippen molar-refractivity contribution in [3.05, 3.63) is 70.8 Å². The van der Waals surface area contributed by atoms with E-state index in [1.165, 1.54) is 138 Å². The van der Waals surface area contributed by atoms with E-state index in [2.05, 4.69) is 62.4 Å². The van der Waals surface area contributed by atoms with Crippen LogP contribution < -0.4 is 0 Å². The fourth-order valence-corrected chi connectivity index (χ4v) is 4.82. The van der Waals surface area contributed by atoms with Crippen LogP contribution in [0.5, 0.6) is 0 Å². The Labute approximate surface area is 218 Å². The third kappa shape index (κ3) is 15.2. The highest BCUT2D eigenvalue weighted by atomic mass is 16.5. The van der Waals surface area contributed by atoms with Gasteiger partial charge in [-0.05, 0) is 47.9 Å². The number of ether oxygens (including phenoxy) is 1. The van der Waals surface area contributed by atoms with Crippen LogP contribution in [-0.2, 0) is 30.8 Å². The summed E-state index contributed by atoms with van der Waals surface area (Å²) in [4.78, 5) is 0. The lowest BCUT2D eigenvalue weighted by atomic mass is 10.0. The van der Waals surface area contributed by atoms with Crippen LogP contribution in [0.4, 0.5) is 0 Å². The first kappa shape index (κ1) is 29.6. The summed E-state index contributed by atoms with van der Waals surface area (Å²) in [6.07, 6.45) is 24.6. The monoisotopic (exact) mass is 478 g/mol. The first-order chi connectivity index (χ1) is 17.3. The Kier molecular flexibility index (Phi) is 17.4. The molecule has 2 rings (SSSR count). The molecule has 0 heterocycles. The predicted octanol–water partition coefficient (Wildman–Crippen LogP) is 10.8. The quantitative estimate of drug-likeness (QED) is 0.153. The van der Waals surface area contributed by atoms with Gasteiger partial charge in [-0.1, -0.05) is 152 Å². The SMILES string of the molecule is CCCCCCCCCCc1ccc(COCc2ccc(CCCCCCCCCC)cc2)cc1. The van der Waals surface area contributed by atoms with Crippen molar-refractivity contribution >= 4 is 0 Å². The molecular formula is C34H54O. The van der Waals surface area contributed by atoms with Gasteiger partial charge < -0.3 is 4.74 Å². The van der Waals surface area contributed by atoms with Crippen molar-refractivity contribution in [1.29, 1.82) is 0 Å². The number of hydrogen-bond acceptors (Lipinski definition) is 1. The molecule has 0 unspecified atom stereocenters. The Morgan fingerprint density at radius 3 is 1.00 bits per heavy atom. The maximum absolute atomic E-state index is 5.99. The molecule has 0 saturated heterocycles. The van der Waals surface area contributed by atoms with Crippen LogP contribution in [0.2, 0.25) is 0 Å². The van der Waals surface area contributed by atoms with Gasteiger partial charge in [0, 0.05) is 0 Å². The molecule has 0 atom stereocenters. The normalized spacial score (nSPS) is 11.3. The maximum Gasteiger partial charge on any atom is 0.0721 e. The molecule has 0 aromatic heterocycles. The first-order valence-corrected chi connectivity index (χ1v) is 15.0. The van der Waals surface area contributed by atoms with Gasteiger partial charge in [0.05, 0.1) is 13.2 Å². The first-order valence-electron chi connectivity index (χ1n) is 15.0. The number of unbranched alkanes of at least 4 members (excludes halogenated alkanes) is 14. The molecule has 0 spiro atoms. The van der Waals surface area contributed by atoms with E-state index in [0.29, 0.717) is 13.2 Å². The van der Waals surface area contributed by atoms with Crippen LogP contribution in [0.15, 0.2) is 48.5 Å². The number of aryl methyl sites for hydroxylation is 2. The summed E-state index contributed by atoms with van der Waals surface area (Å²) in [7, 11) is 0. The molecular weight excluding hydrogens is 424 g/mol. The largest absolute Gasteiger partial charge is 0.372 e. The molecule has 0 aliphatic carbocycles. The van der Waals surface area contributed by atoms with E-state index in [4.69, 9.17) is 4.74 Å². The van der Waals surface area contributed by atoms with Gasteiger partial charge in [-0.15, -0.1) is 0 Å². The molecule has 35 heavy (non-hydrogen) atoms. The van der Waals surface area contributed by atoms with Crippen molar-refractivity contribution < 1.29 is 4.74 Å². The van der Waals surface area contributed by atoms with E-state index >= 15 is 0 Å². The Bertz CT molecular complexity index is 652. The molecule has 0 saturated carbocycles. The third-order valence-electron chi connectivity index (χ3n) is 7.22. The van der Waals surface area contributed by atoms with Crippen molar-refractivity contribution in [3.8, 4) is 0 Å². The van der Waals surface area contributed by atoms with Gasteiger partial charge in [0.2, 0.25) is 0 Å². The molecule has 196 valence electrons. The highest BCUT2D eigenvalue weighted by Crippen LogP contribution is 2.15. The topological polar surface area (TPSA) is 9.23 Å². The smallest absolute Gasteiger partial charge is 0.0721 e. The second-order valence-electron chi connectivity index (χ2n) is 10.6. The van der Waals surface area contributed by atoms with Crippen molar-refractivity contribution in [2.45, 2.75) is 143 Å². The van der Waals surface area contributed by atoms with Gasteiger partial charge in [0.1, 0.15) is 0 Å². The molecule has 0 N–H and O–H groups in total. The zero-order valence-electron chi connectivity index (χ0n) is 23.2. The lowest BCUT2D eigenvalue weighted by molar-refractivity contribution is 0.107. The lowest BCUT2D eigenvalue weighted by Gasteiger charge is -2.08. The fraction of sp³-hybridized carbons (Fsp3) is 0.647. The standard InChI is InChI=1S/C34H54O/c1-3-5-7-9-11-13-15-17-19-31-21-25-33(26-22-31)29-35-30-34-27-23-32(24-28-34)20-18-16-14-12-10-8-6-4-2/h21-28H,3-20,29-30H2,1-2H3. The van der Waals surface area contributed by atoms with Gasteiger partial charge in [-0.25, -0.2) is 0 Å². The lowest BCUT2D eigenvalue weighted by Crippen LogP contribution is -1.95. The minimum atomic E-state index is 0.693. The van der Waals surface area contributed by atoms with Crippen LogP contribution in [0, 0.1) is 0 Å². The summed E-state index contributed by atoms with van der Waals surface area (Å²) in [5.74, 6) is 0. The molecule has 1 heteroatoms. The van der Waals surface area contributed by atoms with Gasteiger partial charge in [0.15, 0.2) is 0 Å².